The van der Waals surface area contributed by atoms with Crippen molar-refractivity contribution >= 4 is 11.8 Å². The lowest BCUT2D eigenvalue weighted by atomic mass is 9.91. The first-order chi connectivity index (χ1) is 13.0. The Morgan fingerprint density at radius 1 is 1.37 bits per heavy atom. The second kappa shape index (κ2) is 8.80. The first kappa shape index (κ1) is 19.8. The maximum Gasteiger partial charge on any atom is 0.237 e. The van der Waals surface area contributed by atoms with Gasteiger partial charge in [-0.1, -0.05) is 13.8 Å². The van der Waals surface area contributed by atoms with Crippen molar-refractivity contribution in [2.24, 2.45) is 11.8 Å². The number of rotatable bonds is 7. The molecule has 0 spiro atoms. The monoisotopic (exact) mass is 374 g/mol. The number of nitrogens with zero attached hydrogens (tertiary/aromatic N) is 3. The Kier molecular flexibility index (Phi) is 6.44. The molecule has 0 radical (unpaired) electrons. The highest BCUT2D eigenvalue weighted by Gasteiger charge is 2.49. The van der Waals surface area contributed by atoms with Gasteiger partial charge in [-0.15, -0.1) is 0 Å². The molecule has 0 aliphatic carbocycles. The molecule has 0 aromatic carbocycles. The number of aliphatic hydroxyl groups is 1. The number of hydrogen-bond donors (Lipinski definition) is 2. The van der Waals surface area contributed by atoms with Gasteiger partial charge in [0.1, 0.15) is 0 Å². The number of nitrogens with one attached hydrogen (secondary N) is 1. The number of fused-ring (bicyclic) bond motifs is 1. The van der Waals surface area contributed by atoms with E-state index in [1.54, 1.807) is 12.4 Å². The minimum absolute atomic E-state index is 0.0439. The summed E-state index contributed by atoms with van der Waals surface area (Å²) in [6, 6.07) is 3.96. The van der Waals surface area contributed by atoms with E-state index in [1.165, 1.54) is 0 Å². The molecule has 1 aromatic heterocycles. The van der Waals surface area contributed by atoms with E-state index in [0.717, 1.165) is 25.1 Å². The molecule has 2 saturated heterocycles. The van der Waals surface area contributed by atoms with E-state index in [1.807, 2.05) is 17.0 Å². The number of piperazine rings is 1. The Labute approximate surface area is 160 Å². The zero-order chi connectivity index (χ0) is 19.4. The number of carbonyl (C=O) groups is 2. The quantitative estimate of drug-likeness (QED) is 0.731. The van der Waals surface area contributed by atoms with E-state index in [-0.39, 0.29) is 43.0 Å². The van der Waals surface area contributed by atoms with E-state index in [9.17, 15) is 9.59 Å². The molecule has 3 atom stereocenters. The molecule has 2 aliphatic rings. The zero-order valence-electron chi connectivity index (χ0n) is 16.2. The van der Waals surface area contributed by atoms with Crippen LogP contribution in [0, 0.1) is 11.8 Å². The highest BCUT2D eigenvalue weighted by Crippen LogP contribution is 2.36. The van der Waals surface area contributed by atoms with Gasteiger partial charge in [0.15, 0.2) is 0 Å². The van der Waals surface area contributed by atoms with Gasteiger partial charge in [0.25, 0.3) is 0 Å². The first-order valence-electron chi connectivity index (χ1n) is 9.80. The van der Waals surface area contributed by atoms with E-state index in [0.29, 0.717) is 18.9 Å². The Morgan fingerprint density at radius 2 is 2.11 bits per heavy atom. The summed E-state index contributed by atoms with van der Waals surface area (Å²) in [4.78, 5) is 33.8. The number of pyridine rings is 1. The molecule has 0 saturated carbocycles. The van der Waals surface area contributed by atoms with Gasteiger partial charge in [0.05, 0.1) is 19.1 Å². The molecule has 2 amide bonds. The SMILES string of the molecule is CC(C)CC1C(C(=O)NCCO)C[C@@H]2CN(Cc3ccncc3)CC(=O)N12. The van der Waals surface area contributed by atoms with Crippen LogP contribution in [0.3, 0.4) is 0 Å². The fourth-order valence-corrected chi connectivity index (χ4v) is 4.43. The fraction of sp³-hybridized carbons (Fsp3) is 0.650. The molecule has 2 fully saturated rings. The van der Waals surface area contributed by atoms with Gasteiger partial charge in [-0.05, 0) is 36.5 Å². The normalized spacial score (nSPS) is 25.7. The van der Waals surface area contributed by atoms with Crippen molar-refractivity contribution in [3.05, 3.63) is 30.1 Å². The minimum atomic E-state index is -0.200. The average molecular weight is 374 g/mol. The molecule has 7 heteroatoms. The van der Waals surface area contributed by atoms with E-state index in [2.05, 4.69) is 29.0 Å². The molecule has 3 rings (SSSR count). The van der Waals surface area contributed by atoms with Crippen LogP contribution in [0.4, 0.5) is 0 Å². The number of aliphatic hydroxyl groups excluding tert-OH is 1. The molecule has 2 unspecified atom stereocenters. The van der Waals surface area contributed by atoms with E-state index < -0.39 is 0 Å². The van der Waals surface area contributed by atoms with Crippen LogP contribution in [0.2, 0.25) is 0 Å². The summed E-state index contributed by atoms with van der Waals surface area (Å²) in [6.07, 6.45) is 5.05. The third-order valence-corrected chi connectivity index (χ3v) is 5.47. The predicted octanol–water partition coefficient (Wildman–Crippen LogP) is 0.638. The minimum Gasteiger partial charge on any atom is -0.395 e. The molecule has 0 bridgehead atoms. The Morgan fingerprint density at radius 3 is 2.78 bits per heavy atom. The number of carbonyl (C=O) groups excluding carboxylic acids is 2. The molecule has 3 heterocycles. The second-order valence-electron chi connectivity index (χ2n) is 8.03. The lowest BCUT2D eigenvalue weighted by Gasteiger charge is -2.40. The molecular weight excluding hydrogens is 344 g/mol. The van der Waals surface area contributed by atoms with Crippen LogP contribution in [-0.4, -0.2) is 70.0 Å². The highest BCUT2D eigenvalue weighted by molar-refractivity contribution is 5.84. The smallest absolute Gasteiger partial charge is 0.237 e. The summed E-state index contributed by atoms with van der Waals surface area (Å²) >= 11 is 0. The average Bonchev–Trinajstić information content (AvgIpc) is 2.98. The summed E-state index contributed by atoms with van der Waals surface area (Å²) < 4.78 is 0. The van der Waals surface area contributed by atoms with Crippen LogP contribution in [0.15, 0.2) is 24.5 Å². The van der Waals surface area contributed by atoms with Crippen LogP contribution < -0.4 is 5.32 Å². The van der Waals surface area contributed by atoms with Crippen molar-refractivity contribution in [3.63, 3.8) is 0 Å². The van der Waals surface area contributed by atoms with Gasteiger partial charge in [-0.2, -0.15) is 0 Å². The Balaban J connectivity index is 1.73. The maximum absolute atomic E-state index is 13.0. The maximum atomic E-state index is 13.0. The molecule has 27 heavy (non-hydrogen) atoms. The molecule has 148 valence electrons. The van der Waals surface area contributed by atoms with Crippen molar-refractivity contribution in [1.82, 2.24) is 20.1 Å². The Bertz CT molecular complexity index is 652. The summed E-state index contributed by atoms with van der Waals surface area (Å²) in [5, 5.41) is 11.8. The summed E-state index contributed by atoms with van der Waals surface area (Å²) in [7, 11) is 0. The number of amides is 2. The van der Waals surface area contributed by atoms with Gasteiger partial charge in [-0.3, -0.25) is 19.5 Å². The largest absolute Gasteiger partial charge is 0.395 e. The molecule has 1 aromatic rings. The van der Waals surface area contributed by atoms with Crippen LogP contribution in [0.5, 0.6) is 0 Å². The van der Waals surface area contributed by atoms with E-state index in [4.69, 9.17) is 5.11 Å². The lowest BCUT2D eigenvalue weighted by molar-refractivity contribution is -0.141. The number of hydrogen-bond acceptors (Lipinski definition) is 5. The van der Waals surface area contributed by atoms with Crippen molar-refractivity contribution in [3.8, 4) is 0 Å². The fourth-order valence-electron chi connectivity index (χ4n) is 4.43. The second-order valence-corrected chi connectivity index (χ2v) is 8.03. The van der Waals surface area contributed by atoms with Gasteiger partial charge in [0.2, 0.25) is 11.8 Å². The standard InChI is InChI=1S/C20H30N4O3/c1-14(2)9-18-17(20(27)22-7-8-25)10-16-12-23(13-19(26)24(16)18)11-15-3-5-21-6-4-15/h3-6,14,16-18,25H,7-13H2,1-2H3,(H,22,27)/t16-,17?,18?/m1/s1. The summed E-state index contributed by atoms with van der Waals surface area (Å²) in [5.74, 6) is 0.277. The van der Waals surface area contributed by atoms with Crippen molar-refractivity contribution in [2.75, 3.05) is 26.2 Å². The van der Waals surface area contributed by atoms with Crippen LogP contribution >= 0.6 is 0 Å². The van der Waals surface area contributed by atoms with E-state index >= 15 is 0 Å². The van der Waals surface area contributed by atoms with Crippen LogP contribution in [0.25, 0.3) is 0 Å². The van der Waals surface area contributed by atoms with Crippen molar-refractivity contribution in [2.45, 2.75) is 45.3 Å². The summed E-state index contributed by atoms with van der Waals surface area (Å²) in [5.41, 5.74) is 1.14. The van der Waals surface area contributed by atoms with Gasteiger partial charge >= 0.3 is 0 Å². The lowest BCUT2D eigenvalue weighted by Crippen LogP contribution is -2.56. The van der Waals surface area contributed by atoms with Crippen LogP contribution in [0.1, 0.15) is 32.3 Å². The van der Waals surface area contributed by atoms with Gasteiger partial charge in [0, 0.05) is 44.1 Å². The predicted molar refractivity (Wildman–Crippen MR) is 102 cm³/mol. The highest BCUT2D eigenvalue weighted by atomic mass is 16.3. The van der Waals surface area contributed by atoms with Crippen molar-refractivity contribution in [1.29, 1.82) is 0 Å². The van der Waals surface area contributed by atoms with Crippen molar-refractivity contribution < 1.29 is 14.7 Å². The molecular formula is C20H30N4O3. The molecule has 2 N–H and O–H groups in total. The number of aromatic nitrogens is 1. The molecule has 2 aliphatic heterocycles. The summed E-state index contributed by atoms with van der Waals surface area (Å²) in [6.45, 7) is 6.33. The van der Waals surface area contributed by atoms with Gasteiger partial charge < -0.3 is 15.3 Å². The third kappa shape index (κ3) is 4.65. The topological polar surface area (TPSA) is 85.8 Å². The zero-order valence-corrected chi connectivity index (χ0v) is 16.2. The Hall–Kier alpha value is -1.99. The van der Waals surface area contributed by atoms with Gasteiger partial charge in [-0.25, -0.2) is 0 Å². The van der Waals surface area contributed by atoms with Crippen LogP contribution in [-0.2, 0) is 16.1 Å². The first-order valence-corrected chi connectivity index (χ1v) is 9.80. The molecule has 7 nitrogen and oxygen atoms in total. The third-order valence-electron chi connectivity index (χ3n) is 5.47.